The van der Waals surface area contributed by atoms with E-state index in [0.717, 1.165) is 29.6 Å². The number of halogens is 2. The average Bonchev–Trinajstić information content (AvgIpc) is 2.39. The molecule has 1 aromatic carbocycles. The van der Waals surface area contributed by atoms with Gasteiger partial charge in [0.15, 0.2) is 0 Å². The Balaban J connectivity index is 2.96. The topological polar surface area (TPSA) is 12.5 Å². The summed E-state index contributed by atoms with van der Waals surface area (Å²) in [6.07, 6.45) is 1.10. The van der Waals surface area contributed by atoms with Gasteiger partial charge in [-0.3, -0.25) is 0 Å². The van der Waals surface area contributed by atoms with Crippen molar-refractivity contribution in [3.63, 3.8) is 0 Å². The van der Waals surface area contributed by atoms with Crippen LogP contribution in [0, 0.1) is 0 Å². The maximum atomic E-state index is 5.85. The second-order valence-electron chi connectivity index (χ2n) is 4.36. The highest BCUT2D eigenvalue weighted by Crippen LogP contribution is 2.29. The second-order valence-corrected chi connectivity index (χ2v) is 5.48. The molecule has 0 aliphatic rings. The molecule has 0 amide bonds. The van der Waals surface area contributed by atoms with Gasteiger partial charge in [-0.1, -0.05) is 13.0 Å². The number of anilines is 1. The van der Waals surface area contributed by atoms with Crippen LogP contribution in [0.2, 0.25) is 0 Å². The zero-order chi connectivity index (χ0) is 13.5. The van der Waals surface area contributed by atoms with Crippen LogP contribution < -0.4 is 4.90 Å². The van der Waals surface area contributed by atoms with E-state index in [1.54, 1.807) is 7.11 Å². The number of alkyl halides is 1. The van der Waals surface area contributed by atoms with Gasteiger partial charge in [-0.25, -0.2) is 0 Å². The third kappa shape index (κ3) is 4.15. The molecule has 4 heteroatoms. The lowest BCUT2D eigenvalue weighted by Crippen LogP contribution is -2.35. The van der Waals surface area contributed by atoms with Crippen LogP contribution in [0.5, 0.6) is 0 Å². The Bertz CT molecular complexity index is 373. The van der Waals surface area contributed by atoms with E-state index in [-0.39, 0.29) is 0 Å². The van der Waals surface area contributed by atoms with Gasteiger partial charge in [0.05, 0.1) is 12.3 Å². The smallest absolute Gasteiger partial charge is 0.0637 e. The van der Waals surface area contributed by atoms with Gasteiger partial charge >= 0.3 is 0 Å². The number of hydrogen-bond acceptors (Lipinski definition) is 2. The van der Waals surface area contributed by atoms with Crippen molar-refractivity contribution >= 4 is 33.2 Å². The quantitative estimate of drug-likeness (QED) is 0.684. The molecule has 0 radical (unpaired) electrons. The maximum Gasteiger partial charge on any atom is 0.0637 e. The van der Waals surface area contributed by atoms with Crippen LogP contribution in [0.4, 0.5) is 5.69 Å². The monoisotopic (exact) mass is 333 g/mol. The van der Waals surface area contributed by atoms with E-state index in [1.807, 2.05) is 0 Å². The maximum absolute atomic E-state index is 5.85. The minimum absolute atomic E-state index is 0.485. The Hall–Kier alpha value is -0.250. The highest BCUT2D eigenvalue weighted by atomic mass is 79.9. The molecule has 2 nitrogen and oxygen atoms in total. The Labute approximate surface area is 123 Å². The number of nitrogens with zero attached hydrogens (tertiary/aromatic N) is 1. The average molecular weight is 335 g/mol. The standard InChI is InChI=1S/C14H21BrClNO/c1-4-11(2)17(7-8-18-3)14-6-5-12(10-16)9-13(14)15/h5-6,9,11H,4,7-8,10H2,1-3H3. The van der Waals surface area contributed by atoms with Gasteiger partial charge in [-0.05, 0) is 47.0 Å². The van der Waals surface area contributed by atoms with Crippen LogP contribution in [-0.2, 0) is 10.6 Å². The second kappa shape index (κ2) is 8.03. The van der Waals surface area contributed by atoms with E-state index in [9.17, 15) is 0 Å². The number of ether oxygens (including phenoxy) is 1. The Kier molecular flexibility index (Phi) is 7.05. The molecule has 1 aromatic rings. The van der Waals surface area contributed by atoms with E-state index in [1.165, 1.54) is 5.69 Å². The lowest BCUT2D eigenvalue weighted by atomic mass is 10.1. The highest BCUT2D eigenvalue weighted by Gasteiger charge is 2.15. The van der Waals surface area contributed by atoms with Gasteiger partial charge in [0.1, 0.15) is 0 Å². The van der Waals surface area contributed by atoms with Crippen molar-refractivity contribution in [3.05, 3.63) is 28.2 Å². The van der Waals surface area contributed by atoms with E-state index in [4.69, 9.17) is 16.3 Å². The minimum atomic E-state index is 0.485. The number of methoxy groups -OCH3 is 1. The molecule has 0 saturated carbocycles. The molecule has 1 unspecified atom stereocenters. The number of rotatable bonds is 7. The molecule has 1 atom stereocenters. The van der Waals surface area contributed by atoms with Crippen LogP contribution in [0.1, 0.15) is 25.8 Å². The van der Waals surface area contributed by atoms with Gasteiger partial charge in [0.2, 0.25) is 0 Å². The molecule has 0 fully saturated rings. The molecule has 0 aromatic heterocycles. The summed E-state index contributed by atoms with van der Waals surface area (Å²) in [5.74, 6) is 0.542. The fourth-order valence-corrected chi connectivity index (χ4v) is 2.67. The van der Waals surface area contributed by atoms with Crippen LogP contribution in [0.3, 0.4) is 0 Å². The summed E-state index contributed by atoms with van der Waals surface area (Å²) in [6.45, 7) is 6.06. The molecule has 18 heavy (non-hydrogen) atoms. The minimum Gasteiger partial charge on any atom is -0.383 e. The van der Waals surface area contributed by atoms with E-state index in [2.05, 4.69) is 52.9 Å². The molecule has 0 spiro atoms. The van der Waals surface area contributed by atoms with Crippen LogP contribution in [0.25, 0.3) is 0 Å². The molecule has 1 rings (SSSR count). The lowest BCUT2D eigenvalue weighted by Gasteiger charge is -2.31. The molecular weight excluding hydrogens is 314 g/mol. The molecule has 102 valence electrons. The first kappa shape index (κ1) is 15.8. The third-order valence-electron chi connectivity index (χ3n) is 3.14. The SMILES string of the molecule is CCC(C)N(CCOC)c1ccc(CCl)cc1Br. The summed E-state index contributed by atoms with van der Waals surface area (Å²) < 4.78 is 6.29. The molecular formula is C14H21BrClNO. The van der Waals surface area contributed by atoms with Gasteiger partial charge in [0, 0.05) is 30.0 Å². The van der Waals surface area contributed by atoms with Gasteiger partial charge < -0.3 is 9.64 Å². The van der Waals surface area contributed by atoms with Crippen LogP contribution >= 0.6 is 27.5 Å². The highest BCUT2D eigenvalue weighted by molar-refractivity contribution is 9.10. The van der Waals surface area contributed by atoms with Gasteiger partial charge in [0.25, 0.3) is 0 Å². The summed E-state index contributed by atoms with van der Waals surface area (Å²) in [6, 6.07) is 6.78. The summed E-state index contributed by atoms with van der Waals surface area (Å²) in [4.78, 5) is 2.37. The van der Waals surface area contributed by atoms with Crippen molar-refractivity contribution in [2.45, 2.75) is 32.2 Å². The van der Waals surface area contributed by atoms with E-state index < -0.39 is 0 Å². The summed E-state index contributed by atoms with van der Waals surface area (Å²) in [7, 11) is 1.74. The molecule has 0 aliphatic heterocycles. The first-order valence-corrected chi connectivity index (χ1v) is 7.56. The first-order valence-electron chi connectivity index (χ1n) is 6.24. The fraction of sp³-hybridized carbons (Fsp3) is 0.571. The van der Waals surface area contributed by atoms with Gasteiger partial charge in [-0.2, -0.15) is 0 Å². The van der Waals surface area contributed by atoms with Crippen LogP contribution in [-0.4, -0.2) is 26.3 Å². The third-order valence-corrected chi connectivity index (χ3v) is 4.08. The molecule has 0 aliphatic carbocycles. The normalized spacial score (nSPS) is 12.5. The van der Waals surface area contributed by atoms with Crippen LogP contribution in [0.15, 0.2) is 22.7 Å². The zero-order valence-corrected chi connectivity index (χ0v) is 13.6. The molecule has 0 saturated heterocycles. The Morgan fingerprint density at radius 2 is 2.17 bits per heavy atom. The van der Waals surface area contributed by atoms with Crippen molar-refractivity contribution in [3.8, 4) is 0 Å². The number of benzene rings is 1. The Morgan fingerprint density at radius 1 is 1.44 bits per heavy atom. The molecule has 0 heterocycles. The predicted molar refractivity (Wildman–Crippen MR) is 82.7 cm³/mol. The summed E-state index contributed by atoms with van der Waals surface area (Å²) in [5, 5.41) is 0. The zero-order valence-electron chi connectivity index (χ0n) is 11.2. The van der Waals surface area contributed by atoms with Crippen molar-refractivity contribution in [1.29, 1.82) is 0 Å². The van der Waals surface area contributed by atoms with E-state index in [0.29, 0.717) is 11.9 Å². The lowest BCUT2D eigenvalue weighted by molar-refractivity contribution is 0.203. The van der Waals surface area contributed by atoms with Crippen molar-refractivity contribution in [2.24, 2.45) is 0 Å². The number of hydrogen-bond donors (Lipinski definition) is 0. The summed E-state index contributed by atoms with van der Waals surface area (Å²) >= 11 is 9.49. The largest absolute Gasteiger partial charge is 0.383 e. The Morgan fingerprint density at radius 3 is 2.67 bits per heavy atom. The van der Waals surface area contributed by atoms with Gasteiger partial charge in [-0.15, -0.1) is 11.6 Å². The molecule has 0 N–H and O–H groups in total. The van der Waals surface area contributed by atoms with Crippen molar-refractivity contribution in [2.75, 3.05) is 25.2 Å². The van der Waals surface area contributed by atoms with Crippen molar-refractivity contribution in [1.82, 2.24) is 0 Å². The van der Waals surface area contributed by atoms with E-state index >= 15 is 0 Å². The van der Waals surface area contributed by atoms with Crippen molar-refractivity contribution < 1.29 is 4.74 Å². The fourth-order valence-electron chi connectivity index (χ4n) is 1.85. The molecule has 0 bridgehead atoms. The first-order chi connectivity index (χ1) is 8.63. The summed E-state index contributed by atoms with van der Waals surface area (Å²) in [5.41, 5.74) is 2.33. The predicted octanol–water partition coefficient (Wildman–Crippen LogP) is 4.44.